The number of ether oxygens (including phenoxy) is 3. The molecule has 194 valence electrons. The van der Waals surface area contributed by atoms with Crippen LogP contribution in [0.4, 0.5) is 11.6 Å². The zero-order valence-electron chi connectivity index (χ0n) is 20.9. The van der Waals surface area contributed by atoms with Crippen LogP contribution in [0.15, 0.2) is 24.4 Å². The molecule has 1 saturated carbocycles. The molecule has 0 amide bonds. The number of nitrogens with one attached hydrogen (secondary N) is 1. The van der Waals surface area contributed by atoms with Gasteiger partial charge in [0.25, 0.3) is 0 Å². The van der Waals surface area contributed by atoms with Gasteiger partial charge in [-0.05, 0) is 50.2 Å². The SMILES string of the molecule is C1CCOCC1.COc1cc(OC)c(Cl)c(-c2cc3cnc(N)cc3c(NCC3CCCC3)n2)c1Cl. The molecular weight excluding hydrogens is 499 g/mol. The largest absolute Gasteiger partial charge is 0.495 e. The minimum absolute atomic E-state index is 0.375. The minimum atomic E-state index is 0.375. The van der Waals surface area contributed by atoms with Crippen molar-refractivity contribution in [3.63, 3.8) is 0 Å². The van der Waals surface area contributed by atoms with Crippen molar-refractivity contribution in [2.45, 2.75) is 44.9 Å². The van der Waals surface area contributed by atoms with Crippen molar-refractivity contribution in [3.8, 4) is 22.8 Å². The molecule has 2 aliphatic rings. The zero-order chi connectivity index (χ0) is 25.5. The minimum Gasteiger partial charge on any atom is -0.495 e. The third-order valence-electron chi connectivity index (χ3n) is 6.68. The molecule has 3 aromatic rings. The lowest BCUT2D eigenvalue weighted by Gasteiger charge is -2.17. The second-order valence-electron chi connectivity index (χ2n) is 9.17. The standard InChI is InChI=1S/C22H24Cl2N4O2.C5H10O/c1-29-16-9-17(30-2)21(24)19(20(16)23)15-7-13-11-26-18(25)8-14(13)22(28-15)27-10-12-5-3-4-6-12;1-2-4-6-5-3-1/h7-9,11-12H,3-6,10H2,1-2H3,(H2,25,26)(H,27,28);1-5H2. The monoisotopic (exact) mass is 532 g/mol. The van der Waals surface area contributed by atoms with Gasteiger partial charge in [0.15, 0.2) is 0 Å². The first-order valence-electron chi connectivity index (χ1n) is 12.5. The first kappa shape index (κ1) is 26.6. The highest BCUT2D eigenvalue weighted by Gasteiger charge is 2.22. The van der Waals surface area contributed by atoms with Crippen molar-refractivity contribution >= 4 is 45.6 Å². The Kier molecular flexibility index (Phi) is 9.35. The molecule has 0 unspecified atom stereocenters. The molecule has 7 nitrogen and oxygen atoms in total. The Hall–Kier alpha value is -2.48. The van der Waals surface area contributed by atoms with E-state index in [9.17, 15) is 0 Å². The Morgan fingerprint density at radius 1 is 0.972 bits per heavy atom. The molecular formula is C27H34Cl2N4O3. The van der Waals surface area contributed by atoms with E-state index in [1.165, 1.54) is 44.9 Å². The Morgan fingerprint density at radius 2 is 1.64 bits per heavy atom. The summed E-state index contributed by atoms with van der Waals surface area (Å²) in [6.45, 7) is 2.86. The summed E-state index contributed by atoms with van der Waals surface area (Å²) in [7, 11) is 3.10. The lowest BCUT2D eigenvalue weighted by molar-refractivity contribution is 0.0968. The molecule has 1 aromatic carbocycles. The van der Waals surface area contributed by atoms with E-state index in [0.717, 1.165) is 36.3 Å². The van der Waals surface area contributed by atoms with Crippen LogP contribution in [-0.4, -0.2) is 43.9 Å². The summed E-state index contributed by atoms with van der Waals surface area (Å²) < 4.78 is 15.9. The van der Waals surface area contributed by atoms with Crippen LogP contribution in [0.5, 0.6) is 11.5 Å². The van der Waals surface area contributed by atoms with Gasteiger partial charge in [-0.25, -0.2) is 9.97 Å². The van der Waals surface area contributed by atoms with Gasteiger partial charge in [-0.3, -0.25) is 0 Å². The van der Waals surface area contributed by atoms with Crippen LogP contribution in [0.25, 0.3) is 22.0 Å². The van der Waals surface area contributed by atoms with Crippen molar-refractivity contribution < 1.29 is 14.2 Å². The molecule has 0 spiro atoms. The molecule has 0 bridgehead atoms. The second-order valence-corrected chi connectivity index (χ2v) is 9.93. The normalized spacial score (nSPS) is 15.9. The predicted octanol–water partition coefficient (Wildman–Crippen LogP) is 6.99. The van der Waals surface area contributed by atoms with E-state index in [0.29, 0.717) is 44.5 Å². The van der Waals surface area contributed by atoms with Crippen LogP contribution in [-0.2, 0) is 4.74 Å². The van der Waals surface area contributed by atoms with E-state index in [1.54, 1.807) is 26.5 Å². The number of fused-ring (bicyclic) bond motifs is 1. The van der Waals surface area contributed by atoms with Gasteiger partial charge in [-0.15, -0.1) is 0 Å². The maximum atomic E-state index is 6.63. The average Bonchev–Trinajstić information content (AvgIpc) is 3.43. The number of hydrogen-bond acceptors (Lipinski definition) is 7. The first-order valence-corrected chi connectivity index (χ1v) is 13.3. The van der Waals surface area contributed by atoms with E-state index in [4.69, 9.17) is 48.1 Å². The van der Waals surface area contributed by atoms with Gasteiger partial charge >= 0.3 is 0 Å². The van der Waals surface area contributed by atoms with Crippen LogP contribution < -0.4 is 20.5 Å². The number of rotatable bonds is 6. The number of aromatic nitrogens is 2. The highest BCUT2D eigenvalue weighted by molar-refractivity contribution is 6.41. The molecule has 0 atom stereocenters. The van der Waals surface area contributed by atoms with Crippen molar-refractivity contribution in [1.29, 1.82) is 0 Å². The summed E-state index contributed by atoms with van der Waals surface area (Å²) in [6.07, 6.45) is 10.7. The van der Waals surface area contributed by atoms with Crippen molar-refractivity contribution in [2.24, 2.45) is 5.92 Å². The van der Waals surface area contributed by atoms with Gasteiger partial charge in [-0.2, -0.15) is 0 Å². The van der Waals surface area contributed by atoms with Crippen molar-refractivity contribution in [3.05, 3.63) is 34.4 Å². The van der Waals surface area contributed by atoms with Gasteiger partial charge in [-0.1, -0.05) is 36.0 Å². The number of nitrogens with two attached hydrogens (primary N) is 1. The van der Waals surface area contributed by atoms with Gasteiger partial charge in [0.1, 0.15) is 23.1 Å². The smallest absolute Gasteiger partial charge is 0.141 e. The summed E-state index contributed by atoms with van der Waals surface area (Å²) in [5.41, 5.74) is 7.10. The number of pyridine rings is 2. The molecule has 36 heavy (non-hydrogen) atoms. The molecule has 3 heterocycles. The Bertz CT molecular complexity index is 1140. The Labute approximate surface area is 222 Å². The van der Waals surface area contributed by atoms with Gasteiger partial charge < -0.3 is 25.3 Å². The summed E-state index contributed by atoms with van der Waals surface area (Å²) in [6, 6.07) is 5.39. The zero-order valence-corrected chi connectivity index (χ0v) is 22.4. The van der Waals surface area contributed by atoms with Crippen LogP contribution in [0.2, 0.25) is 10.0 Å². The van der Waals surface area contributed by atoms with Gasteiger partial charge in [0.05, 0.1) is 30.0 Å². The summed E-state index contributed by atoms with van der Waals surface area (Å²) in [5, 5.41) is 6.07. The summed E-state index contributed by atoms with van der Waals surface area (Å²) >= 11 is 13.3. The third kappa shape index (κ3) is 6.25. The molecule has 2 fully saturated rings. The Balaban J connectivity index is 0.000000445. The van der Waals surface area contributed by atoms with Crippen LogP contribution >= 0.6 is 23.2 Å². The topological polar surface area (TPSA) is 91.5 Å². The molecule has 9 heteroatoms. The predicted molar refractivity (Wildman–Crippen MR) is 148 cm³/mol. The fourth-order valence-electron chi connectivity index (χ4n) is 4.68. The lowest BCUT2D eigenvalue weighted by atomic mass is 10.1. The molecule has 3 N–H and O–H groups in total. The molecule has 5 rings (SSSR count). The molecule has 1 saturated heterocycles. The molecule has 1 aliphatic heterocycles. The van der Waals surface area contributed by atoms with Gasteiger partial charge in [0.2, 0.25) is 0 Å². The van der Waals surface area contributed by atoms with Crippen LogP contribution in [0.1, 0.15) is 44.9 Å². The van der Waals surface area contributed by atoms with Crippen molar-refractivity contribution in [2.75, 3.05) is 45.0 Å². The van der Waals surface area contributed by atoms with E-state index >= 15 is 0 Å². The highest BCUT2D eigenvalue weighted by atomic mass is 35.5. The first-order chi connectivity index (χ1) is 17.5. The summed E-state index contributed by atoms with van der Waals surface area (Å²) in [5.74, 6) is 2.75. The van der Waals surface area contributed by atoms with Crippen molar-refractivity contribution in [1.82, 2.24) is 9.97 Å². The lowest BCUT2D eigenvalue weighted by Crippen LogP contribution is -2.12. The number of methoxy groups -OCH3 is 2. The number of hydrogen-bond donors (Lipinski definition) is 2. The van der Waals surface area contributed by atoms with Crippen LogP contribution in [0.3, 0.4) is 0 Å². The summed E-state index contributed by atoms with van der Waals surface area (Å²) in [4.78, 5) is 9.11. The highest BCUT2D eigenvalue weighted by Crippen LogP contribution is 2.46. The maximum Gasteiger partial charge on any atom is 0.141 e. The number of halogens is 2. The Morgan fingerprint density at radius 3 is 2.19 bits per heavy atom. The quantitative estimate of drug-likeness (QED) is 0.353. The molecule has 2 aromatic heterocycles. The second kappa shape index (κ2) is 12.7. The molecule has 1 aliphatic carbocycles. The molecule has 0 radical (unpaired) electrons. The van der Waals surface area contributed by atoms with Crippen LogP contribution in [0, 0.1) is 5.92 Å². The van der Waals surface area contributed by atoms with E-state index in [1.807, 2.05) is 12.1 Å². The maximum absolute atomic E-state index is 6.63. The number of anilines is 2. The fourth-order valence-corrected chi connectivity index (χ4v) is 5.37. The number of nitrogen functional groups attached to an aromatic ring is 1. The van der Waals surface area contributed by atoms with Gasteiger partial charge in [0, 0.05) is 48.4 Å². The fraction of sp³-hybridized carbons (Fsp3) is 0.481. The van der Waals surface area contributed by atoms with E-state index in [2.05, 4.69) is 10.3 Å². The average molecular weight is 534 g/mol. The third-order valence-corrected chi connectivity index (χ3v) is 7.43. The van der Waals surface area contributed by atoms with E-state index < -0.39 is 0 Å². The number of benzene rings is 1. The van der Waals surface area contributed by atoms with E-state index in [-0.39, 0.29) is 0 Å². The number of nitrogens with zero attached hydrogens (tertiary/aromatic N) is 2.